The average molecular weight is 284 g/mol. The Balaban J connectivity index is 2.17. The molecule has 0 aromatic heterocycles. The van der Waals surface area contributed by atoms with Crippen LogP contribution in [-0.2, 0) is 13.1 Å². The van der Waals surface area contributed by atoms with Gasteiger partial charge in [-0.15, -0.1) is 0 Å². The van der Waals surface area contributed by atoms with Crippen molar-refractivity contribution in [1.82, 2.24) is 4.90 Å². The Morgan fingerprint density at radius 3 is 2.38 bits per heavy atom. The van der Waals surface area contributed by atoms with Gasteiger partial charge in [-0.25, -0.2) is 4.79 Å². The van der Waals surface area contributed by atoms with E-state index in [0.29, 0.717) is 12.2 Å². The maximum absolute atomic E-state index is 11.3. The minimum Gasteiger partial charge on any atom is -0.478 e. The molecule has 0 aliphatic carbocycles. The molecule has 4 nitrogen and oxygen atoms in total. The highest BCUT2D eigenvalue weighted by atomic mass is 16.4. The van der Waals surface area contributed by atoms with Gasteiger partial charge < -0.3 is 10.8 Å². The van der Waals surface area contributed by atoms with Crippen LogP contribution in [0.3, 0.4) is 0 Å². The fraction of sp³-hybridized carbons (Fsp3) is 0.235. The van der Waals surface area contributed by atoms with Crippen LogP contribution in [0.1, 0.15) is 27.0 Å². The molecule has 0 spiro atoms. The molecule has 0 radical (unpaired) electrons. The normalized spacial score (nSPS) is 10.8. The highest BCUT2D eigenvalue weighted by molar-refractivity contribution is 5.95. The molecular formula is C17H20N2O2. The topological polar surface area (TPSA) is 66.6 Å². The van der Waals surface area contributed by atoms with Crippen molar-refractivity contribution in [3.05, 3.63) is 64.7 Å². The van der Waals surface area contributed by atoms with E-state index in [9.17, 15) is 9.90 Å². The molecule has 3 N–H and O–H groups in total. The maximum Gasteiger partial charge on any atom is 0.338 e. The van der Waals surface area contributed by atoms with E-state index in [1.165, 1.54) is 11.1 Å². The van der Waals surface area contributed by atoms with Gasteiger partial charge in [0, 0.05) is 18.8 Å². The lowest BCUT2D eigenvalue weighted by Gasteiger charge is -2.19. The Kier molecular flexibility index (Phi) is 4.60. The van der Waals surface area contributed by atoms with E-state index < -0.39 is 5.97 Å². The van der Waals surface area contributed by atoms with Gasteiger partial charge in [-0.3, -0.25) is 4.90 Å². The highest BCUT2D eigenvalue weighted by Gasteiger charge is 2.15. The van der Waals surface area contributed by atoms with Gasteiger partial charge in [0.2, 0.25) is 0 Å². The van der Waals surface area contributed by atoms with E-state index in [2.05, 4.69) is 24.0 Å². The number of aromatic carboxylic acids is 1. The van der Waals surface area contributed by atoms with E-state index in [1.807, 2.05) is 25.2 Å². The predicted molar refractivity (Wildman–Crippen MR) is 84.2 cm³/mol. The number of nitrogen functional groups attached to an aromatic ring is 1. The number of carbonyl (C=O) groups is 1. The zero-order valence-electron chi connectivity index (χ0n) is 12.3. The first kappa shape index (κ1) is 15.1. The average Bonchev–Trinajstić information content (AvgIpc) is 2.41. The Bertz CT molecular complexity index is 653. The third kappa shape index (κ3) is 3.61. The standard InChI is InChI=1S/C17H20N2O2/c1-12-6-3-4-7-13(12)10-19(2)11-14-8-5-9-15(18)16(14)17(20)21/h3-9H,10-11,18H2,1-2H3,(H,20,21). The SMILES string of the molecule is Cc1ccccc1CN(C)Cc1cccc(N)c1C(=O)O. The number of aryl methyl sites for hydroxylation is 1. The molecule has 0 heterocycles. The van der Waals surface area contributed by atoms with Crippen LogP contribution in [0.15, 0.2) is 42.5 Å². The van der Waals surface area contributed by atoms with Crippen LogP contribution in [0.4, 0.5) is 5.69 Å². The van der Waals surface area contributed by atoms with Crippen molar-refractivity contribution < 1.29 is 9.90 Å². The lowest BCUT2D eigenvalue weighted by atomic mass is 10.0. The molecular weight excluding hydrogens is 264 g/mol. The van der Waals surface area contributed by atoms with E-state index in [1.54, 1.807) is 12.1 Å². The lowest BCUT2D eigenvalue weighted by Crippen LogP contribution is -2.20. The summed E-state index contributed by atoms with van der Waals surface area (Å²) in [6, 6.07) is 13.4. The number of benzene rings is 2. The zero-order valence-corrected chi connectivity index (χ0v) is 12.3. The van der Waals surface area contributed by atoms with Crippen molar-refractivity contribution >= 4 is 11.7 Å². The summed E-state index contributed by atoms with van der Waals surface area (Å²) in [5, 5.41) is 9.29. The second-order valence-electron chi connectivity index (χ2n) is 5.29. The van der Waals surface area contributed by atoms with Gasteiger partial charge in [-0.05, 0) is 36.7 Å². The minimum atomic E-state index is -0.979. The molecule has 0 fully saturated rings. The van der Waals surface area contributed by atoms with E-state index in [0.717, 1.165) is 12.1 Å². The monoisotopic (exact) mass is 284 g/mol. The molecule has 4 heteroatoms. The number of anilines is 1. The van der Waals surface area contributed by atoms with Crippen LogP contribution < -0.4 is 5.73 Å². The number of nitrogens with two attached hydrogens (primary N) is 1. The molecule has 2 aromatic rings. The summed E-state index contributed by atoms with van der Waals surface area (Å²) in [6.45, 7) is 3.38. The molecule has 0 atom stereocenters. The fourth-order valence-corrected chi connectivity index (χ4v) is 2.44. The first-order valence-corrected chi connectivity index (χ1v) is 6.82. The summed E-state index contributed by atoms with van der Waals surface area (Å²) in [4.78, 5) is 13.4. The number of nitrogens with zero attached hydrogens (tertiary/aromatic N) is 1. The van der Waals surface area contributed by atoms with Crippen molar-refractivity contribution in [3.8, 4) is 0 Å². The van der Waals surface area contributed by atoms with Crippen molar-refractivity contribution in [2.75, 3.05) is 12.8 Å². The Hall–Kier alpha value is -2.33. The number of hydrogen-bond donors (Lipinski definition) is 2. The van der Waals surface area contributed by atoms with E-state index in [-0.39, 0.29) is 5.56 Å². The summed E-state index contributed by atoms with van der Waals surface area (Å²) in [7, 11) is 1.97. The molecule has 0 saturated carbocycles. The molecule has 21 heavy (non-hydrogen) atoms. The van der Waals surface area contributed by atoms with Crippen LogP contribution in [0.5, 0.6) is 0 Å². The molecule has 0 aliphatic rings. The van der Waals surface area contributed by atoms with E-state index >= 15 is 0 Å². The summed E-state index contributed by atoms with van der Waals surface area (Å²) in [5.74, 6) is -0.979. The Morgan fingerprint density at radius 1 is 1.10 bits per heavy atom. The number of carboxylic acid groups (broad SMARTS) is 1. The van der Waals surface area contributed by atoms with Gasteiger partial charge in [-0.1, -0.05) is 36.4 Å². The van der Waals surface area contributed by atoms with Crippen molar-refractivity contribution in [2.45, 2.75) is 20.0 Å². The van der Waals surface area contributed by atoms with Crippen LogP contribution in [0, 0.1) is 6.92 Å². The molecule has 0 aliphatic heterocycles. The fourth-order valence-electron chi connectivity index (χ4n) is 2.44. The third-order valence-corrected chi connectivity index (χ3v) is 3.54. The lowest BCUT2D eigenvalue weighted by molar-refractivity contribution is 0.0696. The van der Waals surface area contributed by atoms with Crippen molar-refractivity contribution in [3.63, 3.8) is 0 Å². The maximum atomic E-state index is 11.3. The molecule has 0 unspecified atom stereocenters. The van der Waals surface area contributed by atoms with E-state index in [4.69, 9.17) is 5.73 Å². The number of carboxylic acids is 1. The number of rotatable bonds is 5. The smallest absolute Gasteiger partial charge is 0.338 e. The molecule has 2 aromatic carbocycles. The molecule has 110 valence electrons. The van der Waals surface area contributed by atoms with Crippen LogP contribution in [-0.4, -0.2) is 23.0 Å². The second kappa shape index (κ2) is 6.41. The first-order valence-electron chi connectivity index (χ1n) is 6.82. The van der Waals surface area contributed by atoms with Gasteiger partial charge >= 0.3 is 5.97 Å². The quantitative estimate of drug-likeness (QED) is 0.828. The predicted octanol–water partition coefficient (Wildman–Crippen LogP) is 2.91. The van der Waals surface area contributed by atoms with Crippen LogP contribution in [0.2, 0.25) is 0 Å². The molecule has 2 rings (SSSR count). The number of hydrogen-bond acceptors (Lipinski definition) is 3. The summed E-state index contributed by atoms with van der Waals surface area (Å²) >= 11 is 0. The summed E-state index contributed by atoms with van der Waals surface area (Å²) in [6.07, 6.45) is 0. The van der Waals surface area contributed by atoms with Gasteiger partial charge in [0.1, 0.15) is 0 Å². The Morgan fingerprint density at radius 2 is 1.71 bits per heavy atom. The van der Waals surface area contributed by atoms with Gasteiger partial charge in [0.05, 0.1) is 5.56 Å². The summed E-state index contributed by atoms with van der Waals surface area (Å²) in [5.41, 5.74) is 9.49. The zero-order chi connectivity index (χ0) is 15.4. The van der Waals surface area contributed by atoms with Crippen LogP contribution >= 0.6 is 0 Å². The first-order chi connectivity index (χ1) is 9.99. The Labute approximate surface area is 124 Å². The van der Waals surface area contributed by atoms with Gasteiger partial charge in [0.15, 0.2) is 0 Å². The minimum absolute atomic E-state index is 0.203. The van der Waals surface area contributed by atoms with Crippen LogP contribution in [0.25, 0.3) is 0 Å². The summed E-state index contributed by atoms with van der Waals surface area (Å²) < 4.78 is 0. The van der Waals surface area contributed by atoms with Gasteiger partial charge in [-0.2, -0.15) is 0 Å². The highest BCUT2D eigenvalue weighted by Crippen LogP contribution is 2.19. The molecule has 0 bridgehead atoms. The third-order valence-electron chi connectivity index (χ3n) is 3.54. The molecule has 0 amide bonds. The molecule has 0 saturated heterocycles. The largest absolute Gasteiger partial charge is 0.478 e. The second-order valence-corrected chi connectivity index (χ2v) is 5.29. The van der Waals surface area contributed by atoms with Crippen molar-refractivity contribution in [1.29, 1.82) is 0 Å². The van der Waals surface area contributed by atoms with Crippen molar-refractivity contribution in [2.24, 2.45) is 0 Å². The van der Waals surface area contributed by atoms with Gasteiger partial charge in [0.25, 0.3) is 0 Å².